The minimum atomic E-state index is -0.998. The Kier molecular flexibility index (Phi) is 3.47. The molecule has 0 aromatic carbocycles. The molecular formula is C15H27NO3. The highest BCUT2D eigenvalue weighted by molar-refractivity contribution is 5.78. The summed E-state index contributed by atoms with van der Waals surface area (Å²) in [7, 11) is 1.67. The number of ether oxygens (including phenoxy) is 1. The van der Waals surface area contributed by atoms with Gasteiger partial charge in [0.25, 0.3) is 0 Å². The monoisotopic (exact) mass is 269 g/mol. The number of carboxylic acid groups (broad SMARTS) is 1. The number of hydrogen-bond acceptors (Lipinski definition) is 3. The van der Waals surface area contributed by atoms with E-state index in [4.69, 9.17) is 4.74 Å². The third kappa shape index (κ3) is 2.00. The second-order valence-corrected chi connectivity index (χ2v) is 7.30. The summed E-state index contributed by atoms with van der Waals surface area (Å²) in [6.07, 6.45) is 3.74. The summed E-state index contributed by atoms with van der Waals surface area (Å²) in [6, 6.07) is 0. The summed E-state index contributed by atoms with van der Waals surface area (Å²) in [5.41, 5.74) is -0.510. The highest BCUT2D eigenvalue weighted by Gasteiger charge is 2.62. The Morgan fingerprint density at radius 1 is 1.47 bits per heavy atom. The molecule has 2 bridgehead atoms. The molecule has 2 N–H and O–H groups in total. The molecule has 2 fully saturated rings. The lowest BCUT2D eigenvalue weighted by Crippen LogP contribution is -2.53. The molecule has 0 spiro atoms. The SMILES string of the molecule is CNC(C)(COC1CC2CCC1(C)C2(C)C)C(=O)O. The average Bonchev–Trinajstić information content (AvgIpc) is 2.68. The third-order valence-corrected chi connectivity index (χ3v) is 6.31. The van der Waals surface area contributed by atoms with Crippen LogP contribution in [0, 0.1) is 16.7 Å². The van der Waals surface area contributed by atoms with Crippen LogP contribution in [0.15, 0.2) is 0 Å². The summed E-state index contributed by atoms with van der Waals surface area (Å²) in [5, 5.41) is 12.1. The van der Waals surface area contributed by atoms with Gasteiger partial charge < -0.3 is 15.2 Å². The average molecular weight is 269 g/mol. The number of aliphatic carboxylic acids is 1. The van der Waals surface area contributed by atoms with Gasteiger partial charge in [0.15, 0.2) is 0 Å². The van der Waals surface area contributed by atoms with Crippen LogP contribution in [0.3, 0.4) is 0 Å². The molecule has 110 valence electrons. The van der Waals surface area contributed by atoms with Crippen molar-refractivity contribution < 1.29 is 14.6 Å². The Labute approximate surface area is 115 Å². The minimum absolute atomic E-state index is 0.185. The van der Waals surface area contributed by atoms with Gasteiger partial charge >= 0.3 is 5.97 Å². The molecule has 0 aromatic rings. The normalized spacial score (nSPS) is 39.2. The van der Waals surface area contributed by atoms with Gasteiger partial charge in [0, 0.05) is 0 Å². The van der Waals surface area contributed by atoms with Crippen LogP contribution in [0.4, 0.5) is 0 Å². The quantitative estimate of drug-likeness (QED) is 0.804. The van der Waals surface area contributed by atoms with Gasteiger partial charge in [-0.15, -0.1) is 0 Å². The zero-order chi connectivity index (χ0) is 14.5. The first-order chi connectivity index (χ1) is 8.67. The molecule has 4 unspecified atom stereocenters. The second kappa shape index (κ2) is 4.45. The van der Waals surface area contributed by atoms with Crippen LogP contribution in [0.5, 0.6) is 0 Å². The minimum Gasteiger partial charge on any atom is -0.480 e. The maximum absolute atomic E-state index is 11.3. The topological polar surface area (TPSA) is 58.6 Å². The number of carboxylic acids is 1. The van der Waals surface area contributed by atoms with Crippen molar-refractivity contribution in [3.8, 4) is 0 Å². The van der Waals surface area contributed by atoms with Gasteiger partial charge in [-0.25, -0.2) is 0 Å². The van der Waals surface area contributed by atoms with Crippen molar-refractivity contribution in [2.24, 2.45) is 16.7 Å². The molecule has 0 aliphatic heterocycles. The molecule has 4 atom stereocenters. The fourth-order valence-corrected chi connectivity index (χ4v) is 3.89. The van der Waals surface area contributed by atoms with Crippen LogP contribution in [0.25, 0.3) is 0 Å². The summed E-state index contributed by atoms with van der Waals surface area (Å²) < 4.78 is 6.05. The first kappa shape index (κ1) is 14.8. The van der Waals surface area contributed by atoms with E-state index in [1.165, 1.54) is 12.8 Å². The van der Waals surface area contributed by atoms with Gasteiger partial charge in [0.1, 0.15) is 5.54 Å². The number of likely N-dealkylation sites (N-methyl/N-ethyl adjacent to an activating group) is 1. The zero-order valence-corrected chi connectivity index (χ0v) is 12.7. The smallest absolute Gasteiger partial charge is 0.326 e. The molecule has 0 saturated heterocycles. The Hall–Kier alpha value is -0.610. The Balaban J connectivity index is 2.05. The van der Waals surface area contributed by atoms with E-state index < -0.39 is 11.5 Å². The van der Waals surface area contributed by atoms with Crippen molar-refractivity contribution in [2.45, 2.75) is 58.6 Å². The molecule has 2 saturated carbocycles. The van der Waals surface area contributed by atoms with Crippen molar-refractivity contribution in [1.29, 1.82) is 0 Å². The fraction of sp³-hybridized carbons (Fsp3) is 0.933. The maximum atomic E-state index is 11.3. The standard InChI is InChI=1S/C15H27NO3/c1-13(2)10-6-7-14(13,3)11(8-10)19-9-15(4,16-5)12(17)18/h10-11,16H,6-9H2,1-5H3,(H,17,18). The molecule has 2 rings (SSSR count). The molecule has 0 aromatic heterocycles. The molecule has 2 aliphatic rings. The Morgan fingerprint density at radius 2 is 2.11 bits per heavy atom. The highest BCUT2D eigenvalue weighted by atomic mass is 16.5. The van der Waals surface area contributed by atoms with E-state index >= 15 is 0 Å². The van der Waals surface area contributed by atoms with Gasteiger partial charge in [0.05, 0.1) is 12.7 Å². The lowest BCUT2D eigenvalue weighted by molar-refractivity contribution is -0.149. The second-order valence-electron chi connectivity index (χ2n) is 7.30. The van der Waals surface area contributed by atoms with E-state index in [-0.39, 0.29) is 18.1 Å². The molecule has 4 heteroatoms. The summed E-state index contributed by atoms with van der Waals surface area (Å²) in [4.78, 5) is 11.3. The third-order valence-electron chi connectivity index (χ3n) is 6.31. The van der Waals surface area contributed by atoms with E-state index in [0.29, 0.717) is 11.3 Å². The highest BCUT2D eigenvalue weighted by Crippen LogP contribution is 2.66. The van der Waals surface area contributed by atoms with Crippen LogP contribution in [0.2, 0.25) is 0 Å². The van der Waals surface area contributed by atoms with Gasteiger partial charge in [-0.05, 0) is 50.0 Å². The number of nitrogens with one attached hydrogen (secondary N) is 1. The van der Waals surface area contributed by atoms with Crippen LogP contribution < -0.4 is 5.32 Å². The first-order valence-corrected chi connectivity index (χ1v) is 7.21. The number of hydrogen-bond donors (Lipinski definition) is 2. The lowest BCUT2D eigenvalue weighted by Gasteiger charge is -2.40. The summed E-state index contributed by atoms with van der Waals surface area (Å²) >= 11 is 0. The van der Waals surface area contributed by atoms with Gasteiger partial charge in [-0.2, -0.15) is 0 Å². The Morgan fingerprint density at radius 3 is 2.47 bits per heavy atom. The van der Waals surface area contributed by atoms with Gasteiger partial charge in [0.2, 0.25) is 0 Å². The maximum Gasteiger partial charge on any atom is 0.326 e. The molecular weight excluding hydrogens is 242 g/mol. The first-order valence-electron chi connectivity index (χ1n) is 7.21. The molecule has 0 radical (unpaired) electrons. The van der Waals surface area contributed by atoms with Crippen LogP contribution in [0.1, 0.15) is 47.0 Å². The van der Waals surface area contributed by atoms with Crippen molar-refractivity contribution in [3.63, 3.8) is 0 Å². The summed E-state index contributed by atoms with van der Waals surface area (Å²) in [5.74, 6) is -0.143. The van der Waals surface area contributed by atoms with Crippen LogP contribution in [-0.4, -0.2) is 36.4 Å². The van der Waals surface area contributed by atoms with Crippen molar-refractivity contribution >= 4 is 5.97 Å². The van der Waals surface area contributed by atoms with E-state index in [2.05, 4.69) is 26.1 Å². The number of fused-ring (bicyclic) bond motifs is 2. The van der Waals surface area contributed by atoms with Crippen LogP contribution in [-0.2, 0) is 9.53 Å². The van der Waals surface area contributed by atoms with E-state index in [0.717, 1.165) is 6.42 Å². The number of rotatable bonds is 5. The molecule has 0 heterocycles. The molecule has 19 heavy (non-hydrogen) atoms. The largest absolute Gasteiger partial charge is 0.480 e. The van der Waals surface area contributed by atoms with Crippen molar-refractivity contribution in [3.05, 3.63) is 0 Å². The molecule has 0 amide bonds. The van der Waals surface area contributed by atoms with Crippen molar-refractivity contribution in [1.82, 2.24) is 5.32 Å². The van der Waals surface area contributed by atoms with E-state index in [9.17, 15) is 9.90 Å². The molecule has 2 aliphatic carbocycles. The molecule has 4 nitrogen and oxygen atoms in total. The fourth-order valence-electron chi connectivity index (χ4n) is 3.89. The van der Waals surface area contributed by atoms with Crippen LogP contribution >= 0.6 is 0 Å². The predicted molar refractivity (Wildman–Crippen MR) is 74.1 cm³/mol. The van der Waals surface area contributed by atoms with Crippen molar-refractivity contribution in [2.75, 3.05) is 13.7 Å². The summed E-state index contributed by atoms with van der Waals surface area (Å²) in [6.45, 7) is 8.88. The van der Waals surface area contributed by atoms with Gasteiger partial charge in [-0.1, -0.05) is 20.8 Å². The predicted octanol–water partition coefficient (Wildman–Crippen LogP) is 2.28. The van der Waals surface area contributed by atoms with E-state index in [1.807, 2.05) is 0 Å². The van der Waals surface area contributed by atoms with E-state index in [1.54, 1.807) is 14.0 Å². The van der Waals surface area contributed by atoms with Gasteiger partial charge in [-0.3, -0.25) is 4.79 Å². The number of carbonyl (C=O) groups is 1. The Bertz CT molecular complexity index is 382. The lowest BCUT2D eigenvalue weighted by atomic mass is 9.70. The zero-order valence-electron chi connectivity index (χ0n) is 12.7.